The number of carbonyl (C=O) groups is 1. The third kappa shape index (κ3) is 2.48. The van der Waals surface area contributed by atoms with Crippen molar-refractivity contribution < 1.29 is 4.79 Å². The molecule has 4 nitrogen and oxygen atoms in total. The Morgan fingerprint density at radius 2 is 2.26 bits per heavy atom. The van der Waals surface area contributed by atoms with Crippen molar-refractivity contribution in [3.63, 3.8) is 0 Å². The average molecular weight is 257 g/mol. The summed E-state index contributed by atoms with van der Waals surface area (Å²) in [7, 11) is 0. The lowest BCUT2D eigenvalue weighted by atomic mass is 9.97. The van der Waals surface area contributed by atoms with E-state index in [1.54, 1.807) is 0 Å². The summed E-state index contributed by atoms with van der Waals surface area (Å²) in [6.45, 7) is 2.65. The molecule has 0 spiro atoms. The highest BCUT2D eigenvalue weighted by Crippen LogP contribution is 2.31. The molecule has 0 radical (unpaired) electrons. The number of benzene rings is 1. The average Bonchev–Trinajstić information content (AvgIpc) is 3.01. The van der Waals surface area contributed by atoms with Gasteiger partial charge in [0.05, 0.1) is 17.6 Å². The van der Waals surface area contributed by atoms with Crippen LogP contribution >= 0.6 is 0 Å². The Hall–Kier alpha value is -1.84. The number of aromatic amines is 1. The van der Waals surface area contributed by atoms with Crippen LogP contribution in [0.25, 0.3) is 11.0 Å². The van der Waals surface area contributed by atoms with Gasteiger partial charge in [0.1, 0.15) is 5.82 Å². The summed E-state index contributed by atoms with van der Waals surface area (Å²) < 4.78 is 0. The van der Waals surface area contributed by atoms with Gasteiger partial charge in [0.15, 0.2) is 0 Å². The summed E-state index contributed by atoms with van der Waals surface area (Å²) in [6.07, 6.45) is 3.36. The minimum Gasteiger partial charge on any atom is -0.349 e. The number of para-hydroxylation sites is 2. The number of amides is 1. The van der Waals surface area contributed by atoms with Crippen LogP contribution in [0, 0.1) is 11.8 Å². The van der Waals surface area contributed by atoms with E-state index in [0.29, 0.717) is 12.5 Å². The first-order chi connectivity index (χ1) is 9.24. The Labute approximate surface area is 112 Å². The van der Waals surface area contributed by atoms with Crippen LogP contribution in [0.1, 0.15) is 32.0 Å². The Balaban J connectivity index is 1.64. The predicted octanol–water partition coefficient (Wildman–Crippen LogP) is 2.62. The second kappa shape index (κ2) is 5.03. The van der Waals surface area contributed by atoms with E-state index in [2.05, 4.69) is 22.2 Å². The normalized spacial score (nSPS) is 22.8. The lowest BCUT2D eigenvalue weighted by Gasteiger charge is -2.14. The SMILES string of the molecule is CC1CCCC1C(=O)NCc1nc2ccccc2[nH]1. The van der Waals surface area contributed by atoms with E-state index in [9.17, 15) is 4.79 Å². The van der Waals surface area contributed by atoms with Crippen LogP contribution in [0.3, 0.4) is 0 Å². The Morgan fingerprint density at radius 3 is 3.00 bits per heavy atom. The molecule has 1 heterocycles. The molecule has 0 saturated heterocycles. The van der Waals surface area contributed by atoms with Gasteiger partial charge in [-0.15, -0.1) is 0 Å². The molecule has 2 N–H and O–H groups in total. The number of fused-ring (bicyclic) bond motifs is 1. The van der Waals surface area contributed by atoms with Crippen molar-refractivity contribution in [2.75, 3.05) is 0 Å². The van der Waals surface area contributed by atoms with Crippen molar-refractivity contribution in [1.29, 1.82) is 0 Å². The minimum atomic E-state index is 0.172. The first-order valence-corrected chi connectivity index (χ1v) is 6.95. The van der Waals surface area contributed by atoms with Gasteiger partial charge in [0.25, 0.3) is 0 Å². The molecule has 2 atom stereocenters. The van der Waals surface area contributed by atoms with Crippen LogP contribution in [0.4, 0.5) is 0 Å². The van der Waals surface area contributed by atoms with Crippen LogP contribution in [0.15, 0.2) is 24.3 Å². The number of nitrogens with zero attached hydrogens (tertiary/aromatic N) is 1. The topological polar surface area (TPSA) is 57.8 Å². The molecule has 19 heavy (non-hydrogen) atoms. The standard InChI is InChI=1S/C15H19N3O/c1-10-5-4-6-11(10)15(19)16-9-14-17-12-7-2-3-8-13(12)18-14/h2-3,7-8,10-11H,4-6,9H2,1H3,(H,16,19)(H,17,18). The van der Waals surface area contributed by atoms with E-state index in [0.717, 1.165) is 23.3 Å². The van der Waals surface area contributed by atoms with Gasteiger partial charge in [-0.25, -0.2) is 4.98 Å². The predicted molar refractivity (Wildman–Crippen MR) is 74.4 cm³/mol. The van der Waals surface area contributed by atoms with Crippen molar-refractivity contribution >= 4 is 16.9 Å². The third-order valence-corrected chi connectivity index (χ3v) is 4.07. The van der Waals surface area contributed by atoms with Crippen molar-refractivity contribution in [3.05, 3.63) is 30.1 Å². The van der Waals surface area contributed by atoms with Crippen molar-refractivity contribution in [3.8, 4) is 0 Å². The van der Waals surface area contributed by atoms with Gasteiger partial charge >= 0.3 is 0 Å². The molecule has 2 aromatic rings. The number of rotatable bonds is 3. The van der Waals surface area contributed by atoms with Crippen molar-refractivity contribution in [2.24, 2.45) is 11.8 Å². The molecule has 1 fully saturated rings. The molecule has 1 amide bonds. The zero-order valence-electron chi connectivity index (χ0n) is 11.1. The number of carbonyl (C=O) groups excluding carboxylic acids is 1. The fraction of sp³-hybridized carbons (Fsp3) is 0.467. The zero-order valence-corrected chi connectivity index (χ0v) is 11.1. The highest BCUT2D eigenvalue weighted by molar-refractivity contribution is 5.79. The second-order valence-corrected chi connectivity index (χ2v) is 5.43. The van der Waals surface area contributed by atoms with Crippen LogP contribution < -0.4 is 5.32 Å². The molecule has 1 aromatic carbocycles. The molecular formula is C15H19N3O. The molecule has 0 aliphatic heterocycles. The number of aromatic nitrogens is 2. The zero-order chi connectivity index (χ0) is 13.2. The van der Waals surface area contributed by atoms with E-state index in [1.807, 2.05) is 24.3 Å². The lowest BCUT2D eigenvalue weighted by Crippen LogP contribution is -2.31. The monoisotopic (exact) mass is 257 g/mol. The van der Waals surface area contributed by atoms with Gasteiger partial charge in [-0.1, -0.05) is 25.5 Å². The van der Waals surface area contributed by atoms with E-state index in [-0.39, 0.29) is 11.8 Å². The van der Waals surface area contributed by atoms with Gasteiger partial charge in [-0.2, -0.15) is 0 Å². The van der Waals surface area contributed by atoms with Gasteiger partial charge in [-0.3, -0.25) is 4.79 Å². The summed E-state index contributed by atoms with van der Waals surface area (Å²) in [4.78, 5) is 19.8. The quantitative estimate of drug-likeness (QED) is 0.888. The molecule has 1 aliphatic carbocycles. The first kappa shape index (κ1) is 12.2. The van der Waals surface area contributed by atoms with Crippen molar-refractivity contribution in [2.45, 2.75) is 32.7 Å². The first-order valence-electron chi connectivity index (χ1n) is 6.95. The fourth-order valence-corrected chi connectivity index (χ4v) is 2.93. The summed E-state index contributed by atoms with van der Waals surface area (Å²) in [6, 6.07) is 7.90. The summed E-state index contributed by atoms with van der Waals surface area (Å²) in [5.41, 5.74) is 1.96. The van der Waals surface area contributed by atoms with Crippen molar-refractivity contribution in [1.82, 2.24) is 15.3 Å². The molecule has 1 aromatic heterocycles. The van der Waals surface area contributed by atoms with E-state index in [1.165, 1.54) is 12.8 Å². The van der Waals surface area contributed by atoms with E-state index in [4.69, 9.17) is 0 Å². The van der Waals surface area contributed by atoms with Crippen LogP contribution in [-0.2, 0) is 11.3 Å². The maximum atomic E-state index is 12.1. The minimum absolute atomic E-state index is 0.172. The second-order valence-electron chi connectivity index (χ2n) is 5.43. The van der Waals surface area contributed by atoms with E-state index < -0.39 is 0 Å². The maximum Gasteiger partial charge on any atom is 0.223 e. The number of hydrogen-bond donors (Lipinski definition) is 2. The Morgan fingerprint density at radius 1 is 1.42 bits per heavy atom. The summed E-state index contributed by atoms with van der Waals surface area (Å²) in [5.74, 6) is 1.69. The van der Waals surface area contributed by atoms with Gasteiger partial charge in [-0.05, 0) is 30.9 Å². The van der Waals surface area contributed by atoms with Crippen LogP contribution in [-0.4, -0.2) is 15.9 Å². The number of H-pyrrole nitrogens is 1. The summed E-state index contributed by atoms with van der Waals surface area (Å²) in [5, 5.41) is 3.00. The molecule has 2 unspecified atom stereocenters. The van der Waals surface area contributed by atoms with Crippen LogP contribution in [0.2, 0.25) is 0 Å². The molecule has 3 rings (SSSR count). The summed E-state index contributed by atoms with van der Waals surface area (Å²) >= 11 is 0. The lowest BCUT2D eigenvalue weighted by molar-refractivity contribution is -0.126. The van der Waals surface area contributed by atoms with Gasteiger partial charge < -0.3 is 10.3 Å². The van der Waals surface area contributed by atoms with Gasteiger partial charge in [0, 0.05) is 5.92 Å². The third-order valence-electron chi connectivity index (χ3n) is 4.07. The number of nitrogens with one attached hydrogen (secondary N) is 2. The van der Waals surface area contributed by atoms with E-state index >= 15 is 0 Å². The maximum absolute atomic E-state index is 12.1. The molecule has 4 heteroatoms. The highest BCUT2D eigenvalue weighted by Gasteiger charge is 2.29. The molecule has 1 saturated carbocycles. The molecule has 0 bridgehead atoms. The smallest absolute Gasteiger partial charge is 0.223 e. The largest absolute Gasteiger partial charge is 0.349 e. The highest BCUT2D eigenvalue weighted by atomic mass is 16.1. The molecular weight excluding hydrogens is 238 g/mol. The number of hydrogen-bond acceptors (Lipinski definition) is 2. The number of imidazole rings is 1. The molecule has 1 aliphatic rings. The van der Waals surface area contributed by atoms with Gasteiger partial charge in [0.2, 0.25) is 5.91 Å². The Bertz CT molecular complexity index is 557. The molecule has 100 valence electrons. The fourth-order valence-electron chi connectivity index (χ4n) is 2.93. The Kier molecular flexibility index (Phi) is 3.23. The van der Waals surface area contributed by atoms with Crippen LogP contribution in [0.5, 0.6) is 0 Å².